The van der Waals surface area contributed by atoms with Gasteiger partial charge in [0, 0.05) is 25.2 Å². The van der Waals surface area contributed by atoms with Crippen molar-refractivity contribution in [1.29, 1.82) is 0 Å². The molecule has 0 bridgehead atoms. The van der Waals surface area contributed by atoms with Crippen LogP contribution in [0.3, 0.4) is 0 Å². The molecule has 0 atom stereocenters. The van der Waals surface area contributed by atoms with E-state index in [2.05, 4.69) is 36.1 Å². The number of ketones is 1. The molecule has 17 heavy (non-hydrogen) atoms. The van der Waals surface area contributed by atoms with Gasteiger partial charge in [0.05, 0.1) is 0 Å². The van der Waals surface area contributed by atoms with E-state index in [0.29, 0.717) is 6.42 Å². The number of Topliss-reactive ketones (excluding diaryl/α,β-unsaturated/α-hetero) is 1. The highest BCUT2D eigenvalue weighted by molar-refractivity contribution is 5.75. The number of carbonyl (C=O) groups is 1. The number of carbonyl (C=O) groups excluding carboxylic acids is 1. The lowest BCUT2D eigenvalue weighted by atomic mass is 10.2. The molecule has 0 saturated carbocycles. The molecule has 1 rings (SSSR count). The number of hydrogen-bond acceptors (Lipinski definition) is 2. The first-order chi connectivity index (χ1) is 8.24. The van der Waals surface area contributed by atoms with E-state index >= 15 is 0 Å². The minimum absolute atomic E-state index is 0.286. The van der Waals surface area contributed by atoms with Crippen LogP contribution in [0.4, 0.5) is 5.69 Å². The Morgan fingerprint density at radius 1 is 1.12 bits per heavy atom. The van der Waals surface area contributed by atoms with Crippen molar-refractivity contribution in [3.63, 3.8) is 0 Å². The molecule has 0 aliphatic heterocycles. The molecule has 1 aromatic rings. The lowest BCUT2D eigenvalue weighted by molar-refractivity contribution is -0.117. The number of benzene rings is 1. The molecular weight excluding hydrogens is 210 g/mol. The van der Waals surface area contributed by atoms with Crippen LogP contribution in [-0.2, 0) is 4.79 Å². The highest BCUT2D eigenvalue weighted by Crippen LogP contribution is 2.15. The first kappa shape index (κ1) is 13.8. The van der Waals surface area contributed by atoms with Gasteiger partial charge in [0.25, 0.3) is 0 Å². The van der Waals surface area contributed by atoms with Crippen molar-refractivity contribution < 1.29 is 4.79 Å². The van der Waals surface area contributed by atoms with Crippen LogP contribution < -0.4 is 4.90 Å². The van der Waals surface area contributed by atoms with Crippen LogP contribution in [0.2, 0.25) is 0 Å². The average Bonchev–Trinajstić information content (AvgIpc) is 2.34. The van der Waals surface area contributed by atoms with Gasteiger partial charge in [0.2, 0.25) is 0 Å². The minimum Gasteiger partial charge on any atom is -0.372 e. The Bertz CT molecular complexity index is 321. The zero-order chi connectivity index (χ0) is 12.5. The van der Waals surface area contributed by atoms with Crippen LogP contribution in [0.15, 0.2) is 30.3 Å². The Kier molecular flexibility index (Phi) is 6.38. The largest absolute Gasteiger partial charge is 0.372 e. The maximum absolute atomic E-state index is 11.0. The quantitative estimate of drug-likeness (QED) is 0.683. The fraction of sp³-hybridized carbons (Fsp3) is 0.533. The van der Waals surface area contributed by atoms with Gasteiger partial charge >= 0.3 is 0 Å². The number of para-hydroxylation sites is 1. The monoisotopic (exact) mass is 233 g/mol. The van der Waals surface area contributed by atoms with Crippen molar-refractivity contribution in [3.8, 4) is 0 Å². The molecule has 0 aromatic heterocycles. The van der Waals surface area contributed by atoms with Crippen molar-refractivity contribution in [2.75, 3.05) is 18.0 Å². The number of unbranched alkanes of at least 4 members (excludes halogenated alkanes) is 1. The summed E-state index contributed by atoms with van der Waals surface area (Å²) in [6.45, 7) is 5.93. The zero-order valence-corrected chi connectivity index (χ0v) is 11.0. The third kappa shape index (κ3) is 5.53. The summed E-state index contributed by atoms with van der Waals surface area (Å²) in [5.41, 5.74) is 1.27. The van der Waals surface area contributed by atoms with Crippen LogP contribution in [0.5, 0.6) is 0 Å². The van der Waals surface area contributed by atoms with Crippen molar-refractivity contribution in [2.24, 2.45) is 0 Å². The van der Waals surface area contributed by atoms with Gasteiger partial charge < -0.3 is 9.69 Å². The van der Waals surface area contributed by atoms with Crippen molar-refractivity contribution >= 4 is 11.5 Å². The number of rotatable bonds is 8. The summed E-state index contributed by atoms with van der Waals surface area (Å²) in [6, 6.07) is 10.5. The third-order valence-corrected chi connectivity index (χ3v) is 2.86. The lowest BCUT2D eigenvalue weighted by Gasteiger charge is -2.24. The molecule has 2 heteroatoms. The van der Waals surface area contributed by atoms with Gasteiger partial charge in [-0.1, -0.05) is 31.5 Å². The Hall–Kier alpha value is -1.31. The normalized spacial score (nSPS) is 10.2. The van der Waals surface area contributed by atoms with Crippen LogP contribution >= 0.6 is 0 Å². The van der Waals surface area contributed by atoms with Gasteiger partial charge in [0.1, 0.15) is 5.78 Å². The second-order valence-electron chi connectivity index (χ2n) is 4.48. The molecule has 94 valence electrons. The molecule has 1 aromatic carbocycles. The molecule has 0 fully saturated rings. The predicted octanol–water partition coefficient (Wildman–Crippen LogP) is 3.66. The molecule has 0 N–H and O–H groups in total. The third-order valence-electron chi connectivity index (χ3n) is 2.86. The van der Waals surface area contributed by atoms with Gasteiger partial charge in [-0.25, -0.2) is 0 Å². The second-order valence-corrected chi connectivity index (χ2v) is 4.48. The highest BCUT2D eigenvalue weighted by atomic mass is 16.1. The maximum atomic E-state index is 11.0. The van der Waals surface area contributed by atoms with Crippen LogP contribution in [0.25, 0.3) is 0 Å². The molecule has 2 nitrogen and oxygen atoms in total. The lowest BCUT2D eigenvalue weighted by Crippen LogP contribution is -2.25. The van der Waals surface area contributed by atoms with E-state index in [4.69, 9.17) is 0 Å². The summed E-state index contributed by atoms with van der Waals surface area (Å²) >= 11 is 0. The fourth-order valence-electron chi connectivity index (χ4n) is 1.88. The first-order valence-corrected chi connectivity index (χ1v) is 6.53. The smallest absolute Gasteiger partial charge is 0.129 e. The van der Waals surface area contributed by atoms with E-state index in [1.807, 2.05) is 6.07 Å². The molecule has 0 radical (unpaired) electrons. The summed E-state index contributed by atoms with van der Waals surface area (Å²) in [4.78, 5) is 13.3. The summed E-state index contributed by atoms with van der Waals surface area (Å²) in [5.74, 6) is 0.286. The van der Waals surface area contributed by atoms with Gasteiger partial charge in [-0.05, 0) is 31.9 Å². The fourth-order valence-corrected chi connectivity index (χ4v) is 1.88. The minimum atomic E-state index is 0.286. The molecule has 0 amide bonds. The molecule has 0 spiro atoms. The SMILES string of the molecule is CCCCN(CCCC(C)=O)c1ccccc1. The van der Waals surface area contributed by atoms with Crippen molar-refractivity contribution in [2.45, 2.75) is 39.5 Å². The Morgan fingerprint density at radius 2 is 1.76 bits per heavy atom. The van der Waals surface area contributed by atoms with E-state index < -0.39 is 0 Å². The van der Waals surface area contributed by atoms with E-state index in [1.54, 1.807) is 6.92 Å². The van der Waals surface area contributed by atoms with E-state index in [9.17, 15) is 4.79 Å². The zero-order valence-electron chi connectivity index (χ0n) is 11.0. The summed E-state index contributed by atoms with van der Waals surface area (Å²) in [6.07, 6.45) is 4.05. The van der Waals surface area contributed by atoms with Gasteiger partial charge in [-0.3, -0.25) is 0 Å². The topological polar surface area (TPSA) is 20.3 Å². The molecular formula is C15H23NO. The molecule has 0 aliphatic rings. The van der Waals surface area contributed by atoms with Crippen LogP contribution in [0.1, 0.15) is 39.5 Å². The summed E-state index contributed by atoms with van der Waals surface area (Å²) in [5, 5.41) is 0. The Morgan fingerprint density at radius 3 is 2.35 bits per heavy atom. The van der Waals surface area contributed by atoms with Gasteiger partial charge in [0.15, 0.2) is 0 Å². The molecule has 0 aliphatic carbocycles. The molecule has 0 unspecified atom stereocenters. The van der Waals surface area contributed by atoms with Crippen LogP contribution in [-0.4, -0.2) is 18.9 Å². The maximum Gasteiger partial charge on any atom is 0.129 e. The van der Waals surface area contributed by atoms with Gasteiger partial charge in [-0.2, -0.15) is 0 Å². The standard InChI is InChI=1S/C15H23NO/c1-3-4-12-16(13-8-9-14(2)17)15-10-6-5-7-11-15/h5-7,10-11H,3-4,8-9,12-13H2,1-2H3. The molecule has 0 saturated heterocycles. The van der Waals surface area contributed by atoms with Gasteiger partial charge in [-0.15, -0.1) is 0 Å². The average molecular weight is 233 g/mol. The Labute approximate surface area is 105 Å². The predicted molar refractivity (Wildman–Crippen MR) is 73.5 cm³/mol. The number of anilines is 1. The van der Waals surface area contributed by atoms with Crippen LogP contribution in [0, 0.1) is 0 Å². The molecule has 0 heterocycles. The highest BCUT2D eigenvalue weighted by Gasteiger charge is 2.05. The second kappa shape index (κ2) is 7.88. The van der Waals surface area contributed by atoms with Crippen molar-refractivity contribution in [1.82, 2.24) is 0 Å². The van der Waals surface area contributed by atoms with E-state index in [0.717, 1.165) is 19.5 Å². The van der Waals surface area contributed by atoms with E-state index in [-0.39, 0.29) is 5.78 Å². The summed E-state index contributed by atoms with van der Waals surface area (Å²) < 4.78 is 0. The number of nitrogens with zero attached hydrogens (tertiary/aromatic N) is 1. The van der Waals surface area contributed by atoms with Crippen molar-refractivity contribution in [3.05, 3.63) is 30.3 Å². The number of hydrogen-bond donors (Lipinski definition) is 0. The Balaban J connectivity index is 2.51. The summed E-state index contributed by atoms with van der Waals surface area (Å²) in [7, 11) is 0. The first-order valence-electron chi connectivity index (χ1n) is 6.53. The van der Waals surface area contributed by atoms with E-state index in [1.165, 1.54) is 18.5 Å².